The quantitative estimate of drug-likeness (QED) is 0.231. The summed E-state index contributed by atoms with van der Waals surface area (Å²) in [7, 11) is 0. The highest BCUT2D eigenvalue weighted by molar-refractivity contribution is 5.92. The largest absolute Gasteiger partial charge is 0.478 e. The average Bonchev–Trinajstić information content (AvgIpc) is 2.67. The van der Waals surface area contributed by atoms with Gasteiger partial charge in [-0.2, -0.15) is 0 Å². The van der Waals surface area contributed by atoms with Gasteiger partial charge in [-0.05, 0) is 31.1 Å². The molecule has 0 aromatic heterocycles. The molecule has 28 heavy (non-hydrogen) atoms. The molecule has 164 valence electrons. The Balaban J connectivity index is 0. The molecule has 0 saturated heterocycles. The molecule has 0 aliphatic rings. The van der Waals surface area contributed by atoms with Gasteiger partial charge in [0.1, 0.15) is 0 Å². The van der Waals surface area contributed by atoms with Crippen molar-refractivity contribution in [2.75, 3.05) is 6.54 Å². The van der Waals surface area contributed by atoms with Crippen molar-refractivity contribution in [1.82, 2.24) is 5.32 Å². The molecule has 0 fully saturated rings. The molecule has 0 heterocycles. The van der Waals surface area contributed by atoms with E-state index in [9.17, 15) is 9.59 Å². The van der Waals surface area contributed by atoms with Gasteiger partial charge in [0.05, 0.1) is 0 Å². The lowest BCUT2D eigenvalue weighted by Gasteiger charge is -2.16. The van der Waals surface area contributed by atoms with Crippen molar-refractivity contribution >= 4 is 11.9 Å². The first-order chi connectivity index (χ1) is 13.3. The second-order valence-corrected chi connectivity index (χ2v) is 7.97. The fraction of sp³-hybridized carbons (Fsp3) is 0.750. The molecule has 0 saturated carbocycles. The number of hydrogen-bond donors (Lipinski definition) is 2. The summed E-state index contributed by atoms with van der Waals surface area (Å²) in [6.45, 7) is 16.7. The molecule has 0 aliphatic carbocycles. The molecule has 4 heteroatoms. The van der Waals surface area contributed by atoms with Gasteiger partial charge < -0.3 is 10.4 Å². The van der Waals surface area contributed by atoms with Gasteiger partial charge in [-0.3, -0.25) is 4.79 Å². The third-order valence-corrected chi connectivity index (χ3v) is 4.85. The molecule has 1 atom stereocenters. The molecular weight excluding hydrogens is 350 g/mol. The molecule has 1 unspecified atom stereocenters. The van der Waals surface area contributed by atoms with Crippen molar-refractivity contribution in [2.24, 2.45) is 11.8 Å². The maximum absolute atomic E-state index is 12.1. The van der Waals surface area contributed by atoms with Gasteiger partial charge in [-0.25, -0.2) is 4.79 Å². The van der Waals surface area contributed by atoms with Crippen LogP contribution in [-0.4, -0.2) is 23.5 Å². The summed E-state index contributed by atoms with van der Waals surface area (Å²) in [5.74, 6) is 0.528. The number of carbonyl (C=O) groups excluding carboxylic acids is 1. The van der Waals surface area contributed by atoms with Crippen LogP contribution in [0.3, 0.4) is 0 Å². The molecule has 1 amide bonds. The zero-order valence-corrected chi connectivity index (χ0v) is 18.9. The van der Waals surface area contributed by atoms with Crippen LogP contribution in [0.4, 0.5) is 0 Å². The Morgan fingerprint density at radius 1 is 1.00 bits per heavy atom. The predicted octanol–water partition coefficient (Wildman–Crippen LogP) is 6.52. The average molecular weight is 396 g/mol. The number of aliphatic carboxylic acids is 1. The molecule has 0 radical (unpaired) electrons. The second-order valence-electron chi connectivity index (χ2n) is 7.97. The van der Waals surface area contributed by atoms with Crippen molar-refractivity contribution in [3.8, 4) is 0 Å². The van der Waals surface area contributed by atoms with Crippen LogP contribution in [0.15, 0.2) is 24.8 Å². The van der Waals surface area contributed by atoms with Crippen LogP contribution in [0, 0.1) is 11.8 Å². The molecule has 4 nitrogen and oxygen atoms in total. The van der Waals surface area contributed by atoms with E-state index in [1.807, 2.05) is 0 Å². The van der Waals surface area contributed by atoms with Crippen molar-refractivity contribution in [3.63, 3.8) is 0 Å². The Bertz CT molecular complexity index is 430. The van der Waals surface area contributed by atoms with Crippen LogP contribution >= 0.6 is 0 Å². The first kappa shape index (κ1) is 28.6. The third-order valence-electron chi connectivity index (χ3n) is 4.85. The number of amides is 1. The van der Waals surface area contributed by atoms with Crippen LogP contribution in [0.5, 0.6) is 0 Å². The van der Waals surface area contributed by atoms with Crippen LogP contribution in [0.25, 0.3) is 0 Å². The van der Waals surface area contributed by atoms with Gasteiger partial charge in [0.2, 0.25) is 5.91 Å². The molecular formula is C24H45NO3. The van der Waals surface area contributed by atoms with E-state index >= 15 is 0 Å². The van der Waals surface area contributed by atoms with Crippen molar-refractivity contribution in [3.05, 3.63) is 24.8 Å². The molecule has 0 spiro atoms. The lowest BCUT2D eigenvalue weighted by Crippen LogP contribution is -2.30. The van der Waals surface area contributed by atoms with E-state index in [1.165, 1.54) is 51.4 Å². The normalized spacial score (nSPS) is 11.3. The van der Waals surface area contributed by atoms with E-state index in [4.69, 9.17) is 5.11 Å². The lowest BCUT2D eigenvalue weighted by molar-refractivity contribution is -0.131. The highest BCUT2D eigenvalue weighted by Gasteiger charge is 2.10. The van der Waals surface area contributed by atoms with E-state index in [0.717, 1.165) is 43.4 Å². The summed E-state index contributed by atoms with van der Waals surface area (Å²) in [6, 6.07) is 0. The second kappa shape index (κ2) is 20.2. The van der Waals surface area contributed by atoms with Gasteiger partial charge in [0.25, 0.3) is 0 Å². The zero-order chi connectivity index (χ0) is 21.8. The Labute approximate surface area is 173 Å². The minimum absolute atomic E-state index is 0.0692. The van der Waals surface area contributed by atoms with Crippen LogP contribution in [0.1, 0.15) is 98.3 Å². The van der Waals surface area contributed by atoms with Crippen molar-refractivity contribution in [1.29, 1.82) is 0 Å². The summed E-state index contributed by atoms with van der Waals surface area (Å²) in [6.07, 6.45) is 14.1. The first-order valence-electron chi connectivity index (χ1n) is 11.1. The smallest absolute Gasteiger partial charge is 0.327 e. The minimum atomic E-state index is -0.981. The van der Waals surface area contributed by atoms with Crippen molar-refractivity contribution in [2.45, 2.75) is 98.3 Å². The number of nitrogens with one attached hydrogen (secondary N) is 1. The van der Waals surface area contributed by atoms with Gasteiger partial charge >= 0.3 is 5.97 Å². The number of carboxylic acids is 1. The number of hydrogen-bond acceptors (Lipinski definition) is 2. The molecule has 0 bridgehead atoms. The van der Waals surface area contributed by atoms with Gasteiger partial charge in [0, 0.05) is 18.2 Å². The standard InChI is InChI=1S/C21H41NO.C3H4O2/c1-6-8-16-20(7-2)17-22-21(23)19(5)15-13-11-9-10-12-14-18(3)4;1-2-3(4)5/h18,20H,5-17H2,1-4H3,(H,22,23);2H,1H2,(H,4,5). The van der Waals surface area contributed by atoms with E-state index < -0.39 is 5.97 Å². The summed E-state index contributed by atoms with van der Waals surface area (Å²) >= 11 is 0. The number of carbonyl (C=O) groups is 2. The monoisotopic (exact) mass is 395 g/mol. The maximum Gasteiger partial charge on any atom is 0.327 e. The van der Waals surface area contributed by atoms with Crippen LogP contribution < -0.4 is 5.32 Å². The highest BCUT2D eigenvalue weighted by Crippen LogP contribution is 2.14. The van der Waals surface area contributed by atoms with Gasteiger partial charge in [0.15, 0.2) is 0 Å². The molecule has 0 aromatic carbocycles. The summed E-state index contributed by atoms with van der Waals surface area (Å²) in [4.78, 5) is 21.3. The lowest BCUT2D eigenvalue weighted by atomic mass is 9.99. The summed E-state index contributed by atoms with van der Waals surface area (Å²) < 4.78 is 0. The van der Waals surface area contributed by atoms with E-state index in [-0.39, 0.29) is 5.91 Å². The van der Waals surface area contributed by atoms with Crippen LogP contribution in [-0.2, 0) is 9.59 Å². The molecule has 0 aromatic rings. The van der Waals surface area contributed by atoms with E-state index in [2.05, 4.69) is 46.2 Å². The van der Waals surface area contributed by atoms with E-state index in [0.29, 0.717) is 5.92 Å². The highest BCUT2D eigenvalue weighted by atomic mass is 16.4. The minimum Gasteiger partial charge on any atom is -0.478 e. The Hall–Kier alpha value is -1.58. The topological polar surface area (TPSA) is 66.4 Å². The van der Waals surface area contributed by atoms with Gasteiger partial charge in [-0.1, -0.05) is 92.2 Å². The number of rotatable bonds is 16. The third kappa shape index (κ3) is 20.7. The van der Waals surface area contributed by atoms with E-state index in [1.54, 1.807) is 0 Å². The fourth-order valence-electron chi connectivity index (χ4n) is 2.84. The fourth-order valence-corrected chi connectivity index (χ4v) is 2.84. The molecule has 2 N–H and O–H groups in total. The number of carboxylic acid groups (broad SMARTS) is 1. The first-order valence-corrected chi connectivity index (χ1v) is 11.1. The number of unbranched alkanes of at least 4 members (excludes halogenated alkanes) is 5. The van der Waals surface area contributed by atoms with Crippen LogP contribution in [0.2, 0.25) is 0 Å². The SMILES string of the molecule is C=C(CCCCCCCC(C)C)C(=O)NCC(CC)CCCC.C=CC(=O)O. The molecule has 0 aliphatic heterocycles. The zero-order valence-electron chi connectivity index (χ0n) is 18.9. The Morgan fingerprint density at radius 3 is 2.07 bits per heavy atom. The van der Waals surface area contributed by atoms with Gasteiger partial charge in [-0.15, -0.1) is 0 Å². The molecule has 0 rings (SSSR count). The maximum atomic E-state index is 12.1. The predicted molar refractivity (Wildman–Crippen MR) is 120 cm³/mol. The Morgan fingerprint density at radius 2 is 1.57 bits per heavy atom. The Kier molecular flexibility index (Phi) is 20.6. The summed E-state index contributed by atoms with van der Waals surface area (Å²) in [5, 5.41) is 10.7. The summed E-state index contributed by atoms with van der Waals surface area (Å²) in [5.41, 5.74) is 0.762. The van der Waals surface area contributed by atoms with Crippen molar-refractivity contribution < 1.29 is 14.7 Å².